The normalized spacial score (nSPS) is 10.5. The molecule has 0 aliphatic rings. The Hall–Kier alpha value is -3.78. The predicted octanol–water partition coefficient (Wildman–Crippen LogP) is 2.61. The van der Waals surface area contributed by atoms with Crippen molar-refractivity contribution >= 4 is 24.4 Å². The fraction of sp³-hybridized carbons (Fsp3) is 0.143. The zero-order valence-corrected chi connectivity index (χ0v) is 15.7. The first-order valence-corrected chi connectivity index (χ1v) is 8.37. The van der Waals surface area contributed by atoms with Gasteiger partial charge in [-0.2, -0.15) is 0 Å². The average molecular weight is 402 g/mol. The Kier molecular flexibility index (Phi) is 10.1. The van der Waals surface area contributed by atoms with Crippen LogP contribution in [0.3, 0.4) is 0 Å². The highest BCUT2D eigenvalue weighted by Gasteiger charge is 2.00. The standard InChI is InChI=1S/C12H14O5.C9H8O3/c1-16-6-7-17-12(15)5-3-9-2-4-10(13)11(14)8-9;10-5-1-2-7-3-4-8(11)9(12)6-7/h2-5,8,13-14H,6-7H2,1H3;1-6,11-12H/b5-3+;2-1+. The lowest BCUT2D eigenvalue weighted by Crippen LogP contribution is -2.06. The lowest BCUT2D eigenvalue weighted by molar-refractivity contribution is -0.138. The molecule has 0 unspecified atom stereocenters. The van der Waals surface area contributed by atoms with Gasteiger partial charge in [-0.15, -0.1) is 0 Å². The van der Waals surface area contributed by atoms with Crippen LogP contribution in [0.15, 0.2) is 48.6 Å². The van der Waals surface area contributed by atoms with Crippen molar-refractivity contribution in [1.29, 1.82) is 0 Å². The molecule has 4 N–H and O–H groups in total. The second-order valence-electron chi connectivity index (χ2n) is 5.49. The van der Waals surface area contributed by atoms with Crippen molar-refractivity contribution in [3.8, 4) is 23.0 Å². The van der Waals surface area contributed by atoms with E-state index in [9.17, 15) is 14.7 Å². The van der Waals surface area contributed by atoms with Crippen molar-refractivity contribution in [3.05, 3.63) is 59.7 Å². The number of ether oxygens (including phenoxy) is 2. The number of phenols is 4. The number of aromatic hydroxyl groups is 4. The number of aldehydes is 1. The summed E-state index contributed by atoms with van der Waals surface area (Å²) in [5.74, 6) is -1.29. The van der Waals surface area contributed by atoms with Gasteiger partial charge in [0.1, 0.15) is 12.9 Å². The molecule has 2 rings (SSSR count). The number of hydrogen-bond donors (Lipinski definition) is 4. The van der Waals surface area contributed by atoms with E-state index in [0.717, 1.165) is 0 Å². The van der Waals surface area contributed by atoms with Crippen LogP contribution < -0.4 is 0 Å². The van der Waals surface area contributed by atoms with E-state index in [1.165, 1.54) is 55.7 Å². The number of benzene rings is 2. The molecule has 2 aromatic rings. The smallest absolute Gasteiger partial charge is 0.330 e. The molecule has 0 amide bonds. The molecule has 0 heterocycles. The lowest BCUT2D eigenvalue weighted by Gasteiger charge is -2.00. The number of rotatable bonds is 7. The summed E-state index contributed by atoms with van der Waals surface area (Å²) in [4.78, 5) is 21.1. The Morgan fingerprint density at radius 1 is 0.862 bits per heavy atom. The van der Waals surface area contributed by atoms with Crippen LogP contribution in [0, 0.1) is 0 Å². The number of carbonyl (C=O) groups excluding carboxylic acids is 2. The summed E-state index contributed by atoms with van der Waals surface area (Å²) < 4.78 is 9.52. The monoisotopic (exact) mass is 402 g/mol. The maximum Gasteiger partial charge on any atom is 0.330 e. The van der Waals surface area contributed by atoms with E-state index >= 15 is 0 Å². The van der Waals surface area contributed by atoms with Gasteiger partial charge in [-0.1, -0.05) is 18.2 Å². The van der Waals surface area contributed by atoms with Crippen molar-refractivity contribution in [2.45, 2.75) is 0 Å². The van der Waals surface area contributed by atoms with Crippen LogP contribution in [-0.2, 0) is 19.1 Å². The van der Waals surface area contributed by atoms with E-state index in [4.69, 9.17) is 24.8 Å². The largest absolute Gasteiger partial charge is 0.504 e. The van der Waals surface area contributed by atoms with Gasteiger partial charge in [-0.05, 0) is 47.5 Å². The number of allylic oxidation sites excluding steroid dienone is 1. The van der Waals surface area contributed by atoms with Crippen molar-refractivity contribution in [2.24, 2.45) is 0 Å². The van der Waals surface area contributed by atoms with E-state index in [0.29, 0.717) is 24.0 Å². The molecule has 0 fully saturated rings. The predicted molar refractivity (Wildman–Crippen MR) is 107 cm³/mol. The van der Waals surface area contributed by atoms with Gasteiger partial charge in [-0.3, -0.25) is 4.79 Å². The number of phenolic OH excluding ortho intramolecular Hbond substituents is 4. The third kappa shape index (κ3) is 9.12. The van der Waals surface area contributed by atoms with Crippen LogP contribution in [0.4, 0.5) is 0 Å². The first kappa shape index (κ1) is 23.3. The fourth-order valence-electron chi connectivity index (χ4n) is 1.88. The van der Waals surface area contributed by atoms with E-state index < -0.39 is 5.97 Å². The minimum Gasteiger partial charge on any atom is -0.504 e. The van der Waals surface area contributed by atoms with Crippen LogP contribution in [-0.4, -0.2) is 53.0 Å². The Morgan fingerprint density at radius 3 is 1.90 bits per heavy atom. The van der Waals surface area contributed by atoms with Crippen LogP contribution in [0.25, 0.3) is 12.2 Å². The summed E-state index contributed by atoms with van der Waals surface area (Å²) in [5, 5.41) is 36.3. The second-order valence-corrected chi connectivity index (χ2v) is 5.49. The van der Waals surface area contributed by atoms with Gasteiger partial charge in [0.05, 0.1) is 6.61 Å². The van der Waals surface area contributed by atoms with Gasteiger partial charge in [0.25, 0.3) is 0 Å². The molecular formula is C21H22O8. The van der Waals surface area contributed by atoms with Crippen LogP contribution in [0.1, 0.15) is 11.1 Å². The average Bonchev–Trinajstić information content (AvgIpc) is 2.70. The highest BCUT2D eigenvalue weighted by atomic mass is 16.6. The zero-order valence-electron chi connectivity index (χ0n) is 15.7. The molecule has 0 saturated carbocycles. The molecule has 0 aromatic heterocycles. The summed E-state index contributed by atoms with van der Waals surface area (Å²) in [5.41, 5.74) is 1.25. The molecule has 0 spiro atoms. The van der Waals surface area contributed by atoms with Crippen LogP contribution >= 0.6 is 0 Å². The van der Waals surface area contributed by atoms with Crippen LogP contribution in [0.5, 0.6) is 23.0 Å². The number of esters is 1. The molecule has 0 radical (unpaired) electrons. The summed E-state index contributed by atoms with van der Waals surface area (Å²) in [6.45, 7) is 0.542. The van der Waals surface area contributed by atoms with Crippen molar-refractivity contribution in [2.75, 3.05) is 20.3 Å². The molecule has 8 heteroatoms. The Morgan fingerprint density at radius 2 is 1.41 bits per heavy atom. The van der Waals surface area contributed by atoms with E-state index in [1.54, 1.807) is 12.1 Å². The lowest BCUT2D eigenvalue weighted by atomic mass is 10.2. The molecular weight excluding hydrogens is 380 g/mol. The van der Waals surface area contributed by atoms with Gasteiger partial charge in [0.15, 0.2) is 23.0 Å². The summed E-state index contributed by atoms with van der Waals surface area (Å²) in [6, 6.07) is 8.57. The highest BCUT2D eigenvalue weighted by molar-refractivity contribution is 5.87. The van der Waals surface area contributed by atoms with Gasteiger partial charge in [-0.25, -0.2) is 4.79 Å². The van der Waals surface area contributed by atoms with E-state index in [2.05, 4.69) is 0 Å². The first-order valence-electron chi connectivity index (χ1n) is 8.37. The third-order valence-corrected chi connectivity index (χ3v) is 3.31. The number of carbonyl (C=O) groups is 2. The quantitative estimate of drug-likeness (QED) is 0.183. The maximum absolute atomic E-state index is 11.2. The minimum atomic E-state index is -0.491. The Bertz CT molecular complexity index is 871. The number of methoxy groups -OCH3 is 1. The van der Waals surface area contributed by atoms with Gasteiger partial charge < -0.3 is 29.9 Å². The molecule has 29 heavy (non-hydrogen) atoms. The van der Waals surface area contributed by atoms with E-state index in [1.807, 2.05) is 0 Å². The number of hydrogen-bond acceptors (Lipinski definition) is 8. The van der Waals surface area contributed by atoms with Crippen LogP contribution in [0.2, 0.25) is 0 Å². The molecule has 8 nitrogen and oxygen atoms in total. The highest BCUT2D eigenvalue weighted by Crippen LogP contribution is 2.26. The zero-order chi connectivity index (χ0) is 21.6. The fourth-order valence-corrected chi connectivity index (χ4v) is 1.88. The Labute approximate surface area is 167 Å². The van der Waals surface area contributed by atoms with Crippen molar-refractivity contribution in [3.63, 3.8) is 0 Å². The molecule has 0 aliphatic heterocycles. The van der Waals surface area contributed by atoms with Gasteiger partial charge >= 0.3 is 5.97 Å². The first-order chi connectivity index (χ1) is 13.9. The summed E-state index contributed by atoms with van der Waals surface area (Å²) >= 11 is 0. The molecule has 0 bridgehead atoms. The second kappa shape index (κ2) is 12.6. The topological polar surface area (TPSA) is 134 Å². The van der Waals surface area contributed by atoms with Crippen molar-refractivity contribution < 1.29 is 39.5 Å². The molecule has 0 atom stereocenters. The SMILES string of the molecule is COCCOC(=O)/C=C/c1ccc(O)c(O)c1.O=C/C=C/c1ccc(O)c(O)c1. The Balaban J connectivity index is 0.000000308. The molecule has 0 saturated heterocycles. The van der Waals surface area contributed by atoms with E-state index in [-0.39, 0.29) is 29.6 Å². The van der Waals surface area contributed by atoms with Gasteiger partial charge in [0.2, 0.25) is 0 Å². The van der Waals surface area contributed by atoms with Crippen molar-refractivity contribution in [1.82, 2.24) is 0 Å². The molecule has 0 aliphatic carbocycles. The summed E-state index contributed by atoms with van der Waals surface area (Å²) in [7, 11) is 1.52. The maximum atomic E-state index is 11.2. The summed E-state index contributed by atoms with van der Waals surface area (Å²) in [6.07, 6.45) is 6.21. The molecule has 2 aromatic carbocycles. The molecule has 154 valence electrons. The van der Waals surface area contributed by atoms with Gasteiger partial charge in [0, 0.05) is 13.2 Å². The minimum absolute atomic E-state index is 0.168. The third-order valence-electron chi connectivity index (χ3n) is 3.31.